The van der Waals surface area contributed by atoms with E-state index in [-0.39, 0.29) is 17.3 Å². The van der Waals surface area contributed by atoms with Crippen LogP contribution < -0.4 is 4.72 Å². The van der Waals surface area contributed by atoms with E-state index in [1.54, 1.807) is 30.2 Å². The van der Waals surface area contributed by atoms with Crippen molar-refractivity contribution in [3.63, 3.8) is 0 Å². The Kier molecular flexibility index (Phi) is 7.20. The van der Waals surface area contributed by atoms with Gasteiger partial charge in [-0.2, -0.15) is 4.72 Å². The SMILES string of the molecule is Cc1ccc(S(=O)(=O)N[C@@H](C)C(=O)N(Cc2cccc(C)c2)Cc2ccccn2)cc1. The largest absolute Gasteiger partial charge is 0.331 e. The zero-order valence-electron chi connectivity index (χ0n) is 17.9. The number of sulfonamides is 1. The number of amides is 1. The predicted molar refractivity (Wildman–Crippen MR) is 121 cm³/mol. The molecule has 1 amide bonds. The maximum Gasteiger partial charge on any atom is 0.241 e. The summed E-state index contributed by atoms with van der Waals surface area (Å²) in [6.07, 6.45) is 1.67. The Bertz CT molecular complexity index is 1130. The quantitative estimate of drug-likeness (QED) is 0.584. The fourth-order valence-corrected chi connectivity index (χ4v) is 4.47. The maximum atomic E-state index is 13.3. The van der Waals surface area contributed by atoms with E-state index in [1.807, 2.05) is 56.3 Å². The van der Waals surface area contributed by atoms with E-state index < -0.39 is 16.1 Å². The van der Waals surface area contributed by atoms with Gasteiger partial charge in [0.2, 0.25) is 15.9 Å². The van der Waals surface area contributed by atoms with Crippen LogP contribution in [0.1, 0.15) is 29.3 Å². The molecule has 1 atom stereocenters. The fourth-order valence-electron chi connectivity index (χ4n) is 3.27. The Morgan fingerprint density at radius 2 is 1.71 bits per heavy atom. The van der Waals surface area contributed by atoms with Crippen LogP contribution in [0.15, 0.2) is 77.8 Å². The van der Waals surface area contributed by atoms with Crippen molar-refractivity contribution in [1.29, 1.82) is 0 Å². The van der Waals surface area contributed by atoms with Gasteiger partial charge in [0.15, 0.2) is 0 Å². The summed E-state index contributed by atoms with van der Waals surface area (Å²) in [6.45, 7) is 6.08. The highest BCUT2D eigenvalue weighted by Crippen LogP contribution is 2.14. The highest BCUT2D eigenvalue weighted by molar-refractivity contribution is 7.89. The molecular formula is C24H27N3O3S. The second-order valence-corrected chi connectivity index (χ2v) is 9.37. The van der Waals surface area contributed by atoms with Crippen molar-refractivity contribution in [2.45, 2.75) is 44.8 Å². The van der Waals surface area contributed by atoms with Gasteiger partial charge in [-0.3, -0.25) is 9.78 Å². The van der Waals surface area contributed by atoms with Gasteiger partial charge >= 0.3 is 0 Å². The van der Waals surface area contributed by atoms with Gasteiger partial charge in [0.1, 0.15) is 0 Å². The molecule has 3 rings (SSSR count). The number of rotatable bonds is 8. The average molecular weight is 438 g/mol. The van der Waals surface area contributed by atoms with Gasteiger partial charge in [0, 0.05) is 12.7 Å². The number of aromatic nitrogens is 1. The summed E-state index contributed by atoms with van der Waals surface area (Å²) < 4.78 is 28.0. The van der Waals surface area contributed by atoms with Crippen molar-refractivity contribution in [2.24, 2.45) is 0 Å². The summed E-state index contributed by atoms with van der Waals surface area (Å²) in [5, 5.41) is 0. The van der Waals surface area contributed by atoms with Crippen LogP contribution in [0, 0.1) is 13.8 Å². The molecule has 1 N–H and O–H groups in total. The molecule has 0 radical (unpaired) electrons. The molecule has 0 saturated heterocycles. The number of aryl methyl sites for hydroxylation is 2. The van der Waals surface area contributed by atoms with Gasteiger partial charge in [-0.05, 0) is 50.6 Å². The zero-order chi connectivity index (χ0) is 22.4. The van der Waals surface area contributed by atoms with Gasteiger partial charge in [0.25, 0.3) is 0 Å². The minimum Gasteiger partial charge on any atom is -0.331 e. The van der Waals surface area contributed by atoms with Crippen LogP contribution in [-0.2, 0) is 27.9 Å². The maximum absolute atomic E-state index is 13.3. The van der Waals surface area contributed by atoms with Crippen LogP contribution in [0.4, 0.5) is 0 Å². The third kappa shape index (κ3) is 6.23. The Morgan fingerprint density at radius 1 is 0.968 bits per heavy atom. The van der Waals surface area contributed by atoms with Crippen molar-refractivity contribution in [3.8, 4) is 0 Å². The smallest absolute Gasteiger partial charge is 0.241 e. The molecule has 3 aromatic rings. The van der Waals surface area contributed by atoms with E-state index in [0.29, 0.717) is 6.54 Å². The van der Waals surface area contributed by atoms with Crippen molar-refractivity contribution in [2.75, 3.05) is 0 Å². The van der Waals surface area contributed by atoms with Gasteiger partial charge in [-0.25, -0.2) is 8.42 Å². The molecule has 0 aliphatic carbocycles. The summed E-state index contributed by atoms with van der Waals surface area (Å²) >= 11 is 0. The third-order valence-corrected chi connectivity index (χ3v) is 6.44. The van der Waals surface area contributed by atoms with Gasteiger partial charge < -0.3 is 4.90 Å². The van der Waals surface area contributed by atoms with E-state index in [9.17, 15) is 13.2 Å². The standard InChI is InChI=1S/C24H27N3O3S/c1-18-10-12-23(13-11-18)31(29,30)26-20(3)24(28)27(17-22-9-4-5-14-25-22)16-21-8-6-7-19(2)15-21/h4-15,20,26H,16-17H2,1-3H3/t20-/m0/s1. The number of benzene rings is 2. The normalized spacial score (nSPS) is 12.4. The molecular weight excluding hydrogens is 410 g/mol. The summed E-state index contributed by atoms with van der Waals surface area (Å²) in [6, 6.07) is 19.0. The molecule has 2 aromatic carbocycles. The Hall–Kier alpha value is -3.03. The molecule has 0 fully saturated rings. The summed E-state index contributed by atoms with van der Waals surface area (Å²) in [4.78, 5) is 19.3. The van der Waals surface area contributed by atoms with E-state index in [2.05, 4.69) is 9.71 Å². The lowest BCUT2D eigenvalue weighted by Gasteiger charge is -2.26. The van der Waals surface area contributed by atoms with Crippen LogP contribution in [0.3, 0.4) is 0 Å². The predicted octanol–water partition coefficient (Wildman–Crippen LogP) is 3.59. The lowest BCUT2D eigenvalue weighted by Crippen LogP contribution is -2.46. The molecule has 0 aliphatic rings. The summed E-state index contributed by atoms with van der Waals surface area (Å²) in [5.74, 6) is -0.317. The number of nitrogens with one attached hydrogen (secondary N) is 1. The van der Waals surface area contributed by atoms with Crippen molar-refractivity contribution >= 4 is 15.9 Å². The molecule has 0 saturated carbocycles. The summed E-state index contributed by atoms with van der Waals surface area (Å²) in [5.41, 5.74) is 3.76. The lowest BCUT2D eigenvalue weighted by molar-refractivity contribution is -0.133. The molecule has 0 bridgehead atoms. The Morgan fingerprint density at radius 3 is 2.35 bits per heavy atom. The molecule has 1 aromatic heterocycles. The van der Waals surface area contributed by atoms with Crippen LogP contribution in [0.25, 0.3) is 0 Å². The van der Waals surface area contributed by atoms with Gasteiger partial charge in [0.05, 0.1) is 23.2 Å². The average Bonchev–Trinajstić information content (AvgIpc) is 2.73. The molecule has 0 unspecified atom stereocenters. The van der Waals surface area contributed by atoms with Crippen LogP contribution >= 0.6 is 0 Å². The topological polar surface area (TPSA) is 79.4 Å². The first-order chi connectivity index (χ1) is 14.7. The zero-order valence-corrected chi connectivity index (χ0v) is 18.8. The van der Waals surface area contributed by atoms with Crippen LogP contribution in [-0.4, -0.2) is 30.3 Å². The first-order valence-corrected chi connectivity index (χ1v) is 11.6. The van der Waals surface area contributed by atoms with E-state index in [4.69, 9.17) is 0 Å². The highest BCUT2D eigenvalue weighted by atomic mass is 32.2. The molecule has 6 nitrogen and oxygen atoms in total. The molecule has 0 spiro atoms. The third-order valence-electron chi connectivity index (χ3n) is 4.88. The number of pyridine rings is 1. The van der Waals surface area contributed by atoms with Crippen molar-refractivity contribution in [3.05, 3.63) is 95.3 Å². The lowest BCUT2D eigenvalue weighted by atomic mass is 10.1. The van der Waals surface area contributed by atoms with E-state index in [1.165, 1.54) is 12.1 Å². The van der Waals surface area contributed by atoms with E-state index >= 15 is 0 Å². The molecule has 0 aliphatic heterocycles. The Labute approximate surface area is 184 Å². The van der Waals surface area contributed by atoms with Gasteiger partial charge in [-0.1, -0.05) is 53.6 Å². The number of hydrogen-bond donors (Lipinski definition) is 1. The fraction of sp³-hybridized carbons (Fsp3) is 0.250. The van der Waals surface area contributed by atoms with Crippen molar-refractivity contribution < 1.29 is 13.2 Å². The molecule has 7 heteroatoms. The van der Waals surface area contributed by atoms with Crippen LogP contribution in [0.2, 0.25) is 0 Å². The number of carbonyl (C=O) groups excluding carboxylic acids is 1. The Balaban J connectivity index is 1.81. The highest BCUT2D eigenvalue weighted by Gasteiger charge is 2.26. The number of nitrogens with zero attached hydrogens (tertiary/aromatic N) is 2. The van der Waals surface area contributed by atoms with E-state index in [0.717, 1.165) is 22.4 Å². The number of carbonyl (C=O) groups is 1. The van der Waals surface area contributed by atoms with Crippen LogP contribution in [0.5, 0.6) is 0 Å². The molecule has 162 valence electrons. The first kappa shape index (κ1) is 22.7. The number of hydrogen-bond acceptors (Lipinski definition) is 4. The summed E-state index contributed by atoms with van der Waals surface area (Å²) in [7, 11) is -3.82. The first-order valence-electron chi connectivity index (χ1n) is 10.1. The second kappa shape index (κ2) is 9.85. The molecule has 31 heavy (non-hydrogen) atoms. The van der Waals surface area contributed by atoms with Gasteiger partial charge in [-0.15, -0.1) is 0 Å². The van der Waals surface area contributed by atoms with Crippen molar-refractivity contribution in [1.82, 2.24) is 14.6 Å². The molecule has 1 heterocycles. The minimum atomic E-state index is -3.82. The monoisotopic (exact) mass is 437 g/mol. The second-order valence-electron chi connectivity index (χ2n) is 7.66. The minimum absolute atomic E-state index is 0.132.